The van der Waals surface area contributed by atoms with Crippen LogP contribution < -0.4 is 9.62 Å². The van der Waals surface area contributed by atoms with E-state index in [1.54, 1.807) is 24.1 Å². The summed E-state index contributed by atoms with van der Waals surface area (Å²) < 4.78 is 33.8. The van der Waals surface area contributed by atoms with Crippen molar-refractivity contribution in [2.24, 2.45) is 7.05 Å². The van der Waals surface area contributed by atoms with E-state index in [-0.39, 0.29) is 17.4 Å². The molecule has 134 valence electrons. The molecule has 0 spiro atoms. The number of hydrogen-bond acceptors (Lipinski definition) is 5. The minimum absolute atomic E-state index is 0.00885. The minimum Gasteiger partial charge on any atom is -0.375 e. The maximum atomic E-state index is 12.4. The van der Waals surface area contributed by atoms with Crippen LogP contribution in [0.2, 0.25) is 0 Å². The zero-order chi connectivity index (χ0) is 18.0. The summed E-state index contributed by atoms with van der Waals surface area (Å²) in [5, 5.41) is 3.88. The molecule has 9 heteroatoms. The number of nitrogens with one attached hydrogen (secondary N) is 1. The standard InChI is InChI=1S/C16H20N4O4S/c1-19-10-14(9-17-19)25(22,23)18-13-6-5-12-4-3-7-20(15(12)8-13)16(21)11-24-2/h5-6,8-10,18H,3-4,7,11H2,1-2H3. The number of sulfonamides is 1. The Morgan fingerprint density at radius 3 is 2.88 bits per heavy atom. The Labute approximate surface area is 146 Å². The second-order valence-corrected chi connectivity index (χ2v) is 7.56. The molecule has 2 aromatic rings. The highest BCUT2D eigenvalue weighted by atomic mass is 32.2. The van der Waals surface area contributed by atoms with E-state index in [2.05, 4.69) is 9.82 Å². The lowest BCUT2D eigenvalue weighted by Crippen LogP contribution is -2.37. The Morgan fingerprint density at radius 2 is 2.20 bits per heavy atom. The van der Waals surface area contributed by atoms with Gasteiger partial charge in [-0.3, -0.25) is 14.2 Å². The van der Waals surface area contributed by atoms with Gasteiger partial charge in [-0.1, -0.05) is 6.07 Å². The van der Waals surface area contributed by atoms with Crippen molar-refractivity contribution in [3.05, 3.63) is 36.2 Å². The van der Waals surface area contributed by atoms with Crippen LogP contribution in [0.4, 0.5) is 11.4 Å². The SMILES string of the molecule is COCC(=O)N1CCCc2ccc(NS(=O)(=O)c3cnn(C)c3)cc21. The summed E-state index contributed by atoms with van der Waals surface area (Å²) in [4.78, 5) is 14.0. The number of benzene rings is 1. The summed E-state index contributed by atoms with van der Waals surface area (Å²) in [6, 6.07) is 5.25. The van der Waals surface area contributed by atoms with Gasteiger partial charge in [-0.15, -0.1) is 0 Å². The van der Waals surface area contributed by atoms with Gasteiger partial charge in [-0.25, -0.2) is 8.42 Å². The van der Waals surface area contributed by atoms with Crippen molar-refractivity contribution >= 4 is 27.3 Å². The van der Waals surface area contributed by atoms with Crippen LogP contribution in [-0.2, 0) is 33.0 Å². The fraction of sp³-hybridized carbons (Fsp3) is 0.375. The van der Waals surface area contributed by atoms with Gasteiger partial charge in [-0.05, 0) is 30.5 Å². The van der Waals surface area contributed by atoms with Gasteiger partial charge < -0.3 is 9.64 Å². The van der Waals surface area contributed by atoms with Gasteiger partial charge in [-0.2, -0.15) is 5.10 Å². The van der Waals surface area contributed by atoms with Crippen LogP contribution >= 0.6 is 0 Å². The fourth-order valence-corrected chi connectivity index (χ4v) is 3.88. The molecule has 0 fully saturated rings. The predicted molar refractivity (Wildman–Crippen MR) is 93.0 cm³/mol. The van der Waals surface area contributed by atoms with Crippen molar-refractivity contribution in [3.63, 3.8) is 0 Å². The quantitative estimate of drug-likeness (QED) is 0.859. The van der Waals surface area contributed by atoms with E-state index in [4.69, 9.17) is 4.74 Å². The number of ether oxygens (including phenoxy) is 1. The van der Waals surface area contributed by atoms with Gasteiger partial charge in [0, 0.05) is 32.6 Å². The van der Waals surface area contributed by atoms with Crippen LogP contribution in [0.25, 0.3) is 0 Å². The highest BCUT2D eigenvalue weighted by Crippen LogP contribution is 2.31. The summed E-state index contributed by atoms with van der Waals surface area (Å²) >= 11 is 0. The van der Waals surface area contributed by atoms with E-state index in [9.17, 15) is 13.2 Å². The Hall–Kier alpha value is -2.39. The molecule has 1 aliphatic rings. The topological polar surface area (TPSA) is 93.5 Å². The number of hydrogen-bond donors (Lipinski definition) is 1. The summed E-state index contributed by atoms with van der Waals surface area (Å²) in [6.45, 7) is 0.582. The van der Waals surface area contributed by atoms with E-state index < -0.39 is 10.0 Å². The number of rotatable bonds is 5. The third-order valence-corrected chi connectivity index (χ3v) is 5.35. The number of carbonyl (C=O) groups excluding carboxylic acids is 1. The minimum atomic E-state index is -3.73. The number of fused-ring (bicyclic) bond motifs is 1. The molecule has 1 aromatic heterocycles. The lowest BCUT2D eigenvalue weighted by Gasteiger charge is -2.29. The lowest BCUT2D eigenvalue weighted by molar-refractivity contribution is -0.122. The smallest absolute Gasteiger partial charge is 0.265 e. The van der Waals surface area contributed by atoms with Crippen LogP contribution in [0.15, 0.2) is 35.5 Å². The third-order valence-electron chi connectivity index (χ3n) is 4.02. The number of anilines is 2. The van der Waals surface area contributed by atoms with E-state index in [1.165, 1.54) is 24.2 Å². The first-order valence-corrected chi connectivity index (χ1v) is 9.33. The Bertz CT molecular complexity index is 891. The van der Waals surface area contributed by atoms with Crippen LogP contribution in [0.3, 0.4) is 0 Å². The van der Waals surface area contributed by atoms with E-state index in [0.29, 0.717) is 12.2 Å². The summed E-state index contributed by atoms with van der Waals surface area (Å²) in [5.74, 6) is -0.143. The van der Waals surface area contributed by atoms with Gasteiger partial charge in [0.15, 0.2) is 0 Å². The Balaban J connectivity index is 1.89. The van der Waals surface area contributed by atoms with Gasteiger partial charge >= 0.3 is 0 Å². The van der Waals surface area contributed by atoms with Crippen molar-refractivity contribution in [1.82, 2.24) is 9.78 Å². The molecule has 0 aliphatic carbocycles. The van der Waals surface area contributed by atoms with E-state index in [1.807, 2.05) is 6.07 Å². The highest BCUT2D eigenvalue weighted by Gasteiger charge is 2.24. The molecule has 1 N–H and O–H groups in total. The average Bonchev–Trinajstić information content (AvgIpc) is 3.01. The Kier molecular flexibility index (Phi) is 4.78. The highest BCUT2D eigenvalue weighted by molar-refractivity contribution is 7.92. The molecule has 2 heterocycles. The molecule has 0 radical (unpaired) electrons. The molecule has 0 unspecified atom stereocenters. The van der Waals surface area contributed by atoms with Gasteiger partial charge in [0.25, 0.3) is 15.9 Å². The molecule has 1 aliphatic heterocycles. The van der Waals surface area contributed by atoms with Gasteiger partial charge in [0.1, 0.15) is 11.5 Å². The van der Waals surface area contributed by atoms with Gasteiger partial charge in [0.05, 0.1) is 11.9 Å². The van der Waals surface area contributed by atoms with Crippen LogP contribution in [-0.4, -0.2) is 44.4 Å². The summed E-state index contributed by atoms with van der Waals surface area (Å²) in [5.41, 5.74) is 2.14. The van der Waals surface area contributed by atoms with Crippen LogP contribution in [0, 0.1) is 0 Å². The van der Waals surface area contributed by atoms with Crippen molar-refractivity contribution in [1.29, 1.82) is 0 Å². The number of amides is 1. The number of methoxy groups -OCH3 is 1. The molecule has 0 saturated heterocycles. The zero-order valence-corrected chi connectivity index (χ0v) is 14.9. The molecule has 8 nitrogen and oxygen atoms in total. The monoisotopic (exact) mass is 364 g/mol. The van der Waals surface area contributed by atoms with Crippen molar-refractivity contribution in [3.8, 4) is 0 Å². The second-order valence-electron chi connectivity index (χ2n) is 5.88. The fourth-order valence-electron chi connectivity index (χ4n) is 2.85. The van der Waals surface area contributed by atoms with Crippen LogP contribution in [0.1, 0.15) is 12.0 Å². The van der Waals surface area contributed by atoms with Gasteiger partial charge in [0.2, 0.25) is 0 Å². The lowest BCUT2D eigenvalue weighted by atomic mass is 10.0. The molecule has 3 rings (SSSR count). The Morgan fingerprint density at radius 1 is 1.40 bits per heavy atom. The molecule has 1 amide bonds. The summed E-state index contributed by atoms with van der Waals surface area (Å²) in [7, 11) is -0.605. The third kappa shape index (κ3) is 3.67. The van der Waals surface area contributed by atoms with E-state index in [0.717, 1.165) is 24.1 Å². The first-order chi connectivity index (χ1) is 11.9. The predicted octanol–water partition coefficient (Wildman–Crippen LogP) is 1.15. The average molecular weight is 364 g/mol. The van der Waals surface area contributed by atoms with Crippen molar-refractivity contribution in [2.75, 3.05) is 29.9 Å². The second kappa shape index (κ2) is 6.85. The van der Waals surface area contributed by atoms with Crippen molar-refractivity contribution < 1.29 is 17.9 Å². The maximum absolute atomic E-state index is 12.4. The number of aromatic nitrogens is 2. The molecular weight excluding hydrogens is 344 g/mol. The molecule has 25 heavy (non-hydrogen) atoms. The summed E-state index contributed by atoms with van der Waals surface area (Å²) in [6.07, 6.45) is 4.43. The first-order valence-electron chi connectivity index (χ1n) is 7.84. The zero-order valence-electron chi connectivity index (χ0n) is 14.1. The molecular formula is C16H20N4O4S. The number of carbonyl (C=O) groups is 1. The maximum Gasteiger partial charge on any atom is 0.265 e. The molecule has 0 bridgehead atoms. The number of aryl methyl sites for hydroxylation is 2. The molecule has 0 saturated carbocycles. The molecule has 1 aromatic carbocycles. The normalized spacial score (nSPS) is 14.2. The van der Waals surface area contributed by atoms with Crippen LogP contribution in [0.5, 0.6) is 0 Å². The van der Waals surface area contributed by atoms with Crippen molar-refractivity contribution in [2.45, 2.75) is 17.7 Å². The first kappa shape index (κ1) is 17.4. The van der Waals surface area contributed by atoms with E-state index >= 15 is 0 Å². The number of nitrogens with zero attached hydrogens (tertiary/aromatic N) is 3. The molecule has 0 atom stereocenters. The largest absolute Gasteiger partial charge is 0.375 e.